The molecule has 2 atom stereocenters. The van der Waals surface area contributed by atoms with Crippen LogP contribution in [0.1, 0.15) is 40.1 Å². The molecule has 0 radical (unpaired) electrons. The summed E-state index contributed by atoms with van der Waals surface area (Å²) < 4.78 is 42.2. The number of hydrogen-bond donors (Lipinski definition) is 2. The Labute approximate surface area is 175 Å². The van der Waals surface area contributed by atoms with E-state index in [1.165, 1.54) is 6.07 Å². The summed E-state index contributed by atoms with van der Waals surface area (Å²) in [7, 11) is 0. The highest BCUT2D eigenvalue weighted by Crippen LogP contribution is 2.43. The van der Waals surface area contributed by atoms with Crippen molar-refractivity contribution in [1.29, 1.82) is 0 Å². The summed E-state index contributed by atoms with van der Waals surface area (Å²) in [5, 5.41) is 9.93. The van der Waals surface area contributed by atoms with Gasteiger partial charge >= 0.3 is 6.18 Å². The number of carbonyl (C=O) groups excluding carboxylic acids is 1. The molecule has 0 fully saturated rings. The van der Waals surface area contributed by atoms with Gasteiger partial charge in [0.15, 0.2) is 11.7 Å². The number of aryl methyl sites for hydroxylation is 1. The zero-order chi connectivity index (χ0) is 21.5. The molecule has 0 bridgehead atoms. The standard InChI is InChI=1S/C21H18ClF3N4O/c1-12-6-8-13(9-7-12)16-10-18(21(23,24)25)29-19(26-16)11-17(28-29)20(30)27-15-5-3-2-4-14(15)22/h2-9,11,16,18,26H,10H2,1H3,(H,27,30)/t16-,18-/m1/s1. The second-order valence-electron chi connectivity index (χ2n) is 7.19. The second kappa shape index (κ2) is 7.68. The Balaban J connectivity index is 1.65. The first-order valence-corrected chi connectivity index (χ1v) is 9.65. The molecule has 1 aromatic heterocycles. The van der Waals surface area contributed by atoms with E-state index in [-0.39, 0.29) is 17.9 Å². The highest BCUT2D eigenvalue weighted by Gasteiger charge is 2.46. The smallest absolute Gasteiger partial charge is 0.363 e. The molecule has 1 aliphatic heterocycles. The molecule has 5 nitrogen and oxygen atoms in total. The van der Waals surface area contributed by atoms with E-state index in [0.717, 1.165) is 15.8 Å². The first kappa shape index (κ1) is 20.3. The Morgan fingerprint density at radius 2 is 1.90 bits per heavy atom. The number of carbonyl (C=O) groups is 1. The molecule has 9 heteroatoms. The van der Waals surface area contributed by atoms with Crippen molar-refractivity contribution in [2.75, 3.05) is 10.6 Å². The van der Waals surface area contributed by atoms with Gasteiger partial charge in [-0.1, -0.05) is 53.6 Å². The van der Waals surface area contributed by atoms with Crippen LogP contribution in [0.25, 0.3) is 0 Å². The average Bonchev–Trinajstić information content (AvgIpc) is 3.13. The summed E-state index contributed by atoms with van der Waals surface area (Å²) >= 11 is 6.04. The van der Waals surface area contributed by atoms with Crippen LogP contribution in [0.4, 0.5) is 24.7 Å². The fourth-order valence-electron chi connectivity index (χ4n) is 3.45. The number of hydrogen-bond acceptors (Lipinski definition) is 3. The van der Waals surface area contributed by atoms with E-state index >= 15 is 0 Å². The van der Waals surface area contributed by atoms with Gasteiger partial charge < -0.3 is 10.6 Å². The lowest BCUT2D eigenvalue weighted by Gasteiger charge is -2.33. The van der Waals surface area contributed by atoms with Crippen molar-refractivity contribution in [3.05, 3.63) is 76.4 Å². The molecule has 156 valence electrons. The zero-order valence-corrected chi connectivity index (χ0v) is 16.6. The molecular weight excluding hydrogens is 417 g/mol. The SMILES string of the molecule is Cc1ccc([C@H]2C[C@H](C(F)(F)F)n3nc(C(=O)Nc4ccccc4Cl)cc3N2)cc1. The number of nitrogens with zero attached hydrogens (tertiary/aromatic N) is 2. The average molecular weight is 435 g/mol. The first-order valence-electron chi connectivity index (χ1n) is 9.27. The lowest BCUT2D eigenvalue weighted by molar-refractivity contribution is -0.173. The van der Waals surface area contributed by atoms with E-state index in [2.05, 4.69) is 15.7 Å². The van der Waals surface area contributed by atoms with Gasteiger partial charge in [0.25, 0.3) is 5.91 Å². The number of para-hydroxylation sites is 1. The number of anilines is 2. The van der Waals surface area contributed by atoms with Gasteiger partial charge in [-0.3, -0.25) is 4.79 Å². The normalized spacial score (nSPS) is 18.4. The van der Waals surface area contributed by atoms with Crippen molar-refractivity contribution in [2.24, 2.45) is 0 Å². The van der Waals surface area contributed by atoms with Crippen LogP contribution in [0.15, 0.2) is 54.6 Å². The topological polar surface area (TPSA) is 59.0 Å². The van der Waals surface area contributed by atoms with E-state index in [0.29, 0.717) is 10.7 Å². The number of rotatable bonds is 3. The van der Waals surface area contributed by atoms with Crippen molar-refractivity contribution in [1.82, 2.24) is 9.78 Å². The highest BCUT2D eigenvalue weighted by molar-refractivity contribution is 6.33. The van der Waals surface area contributed by atoms with Crippen LogP contribution in [-0.2, 0) is 0 Å². The molecule has 2 N–H and O–H groups in total. The molecule has 30 heavy (non-hydrogen) atoms. The maximum atomic E-state index is 13.8. The number of amides is 1. The second-order valence-corrected chi connectivity index (χ2v) is 7.60. The molecular formula is C21H18ClF3N4O. The van der Waals surface area contributed by atoms with Gasteiger partial charge in [0.2, 0.25) is 0 Å². The third-order valence-corrected chi connectivity index (χ3v) is 5.35. The highest BCUT2D eigenvalue weighted by atomic mass is 35.5. The molecule has 0 saturated heterocycles. The number of nitrogens with one attached hydrogen (secondary N) is 2. The number of aromatic nitrogens is 2. The number of fused-ring (bicyclic) bond motifs is 1. The maximum Gasteiger partial charge on any atom is 0.410 e. The van der Waals surface area contributed by atoms with Crippen molar-refractivity contribution >= 4 is 29.0 Å². The molecule has 0 unspecified atom stereocenters. The molecule has 0 spiro atoms. The van der Waals surface area contributed by atoms with Crippen molar-refractivity contribution in [3.63, 3.8) is 0 Å². The first-order chi connectivity index (χ1) is 14.2. The van der Waals surface area contributed by atoms with Crippen LogP contribution in [0.3, 0.4) is 0 Å². The Kier molecular flexibility index (Phi) is 5.19. The molecule has 3 aromatic rings. The van der Waals surface area contributed by atoms with Gasteiger partial charge in [-0.2, -0.15) is 18.3 Å². The van der Waals surface area contributed by atoms with Crippen LogP contribution in [0, 0.1) is 6.92 Å². The fraction of sp³-hybridized carbons (Fsp3) is 0.238. The molecule has 0 saturated carbocycles. The minimum atomic E-state index is -4.51. The zero-order valence-electron chi connectivity index (χ0n) is 15.9. The maximum absolute atomic E-state index is 13.8. The Morgan fingerprint density at radius 1 is 1.20 bits per heavy atom. The third-order valence-electron chi connectivity index (χ3n) is 5.02. The molecule has 2 aromatic carbocycles. The lowest BCUT2D eigenvalue weighted by Crippen LogP contribution is -2.35. The van der Waals surface area contributed by atoms with Gasteiger partial charge in [-0.25, -0.2) is 4.68 Å². The van der Waals surface area contributed by atoms with Gasteiger partial charge in [0.05, 0.1) is 16.8 Å². The van der Waals surface area contributed by atoms with E-state index in [1.54, 1.807) is 36.4 Å². The minimum absolute atomic E-state index is 0.128. The monoisotopic (exact) mass is 434 g/mol. The number of benzene rings is 2. The van der Waals surface area contributed by atoms with Gasteiger partial charge in [-0.15, -0.1) is 0 Å². The minimum Gasteiger partial charge on any atom is -0.363 e. The summed E-state index contributed by atoms with van der Waals surface area (Å²) in [6.45, 7) is 1.91. The summed E-state index contributed by atoms with van der Waals surface area (Å²) in [6.07, 6.45) is -4.74. The van der Waals surface area contributed by atoms with Crippen LogP contribution in [-0.4, -0.2) is 21.9 Å². The van der Waals surface area contributed by atoms with Crippen LogP contribution < -0.4 is 10.6 Å². The Hall–Kier alpha value is -3.00. The van der Waals surface area contributed by atoms with Crippen molar-refractivity contribution in [2.45, 2.75) is 31.6 Å². The van der Waals surface area contributed by atoms with Crippen LogP contribution in [0.2, 0.25) is 5.02 Å². The molecule has 4 rings (SSSR count). The molecule has 1 aliphatic rings. The van der Waals surface area contributed by atoms with Gasteiger partial charge in [0, 0.05) is 12.5 Å². The van der Waals surface area contributed by atoms with Crippen LogP contribution >= 0.6 is 11.6 Å². The lowest BCUT2D eigenvalue weighted by atomic mass is 9.96. The van der Waals surface area contributed by atoms with Gasteiger partial charge in [0.1, 0.15) is 5.82 Å². The van der Waals surface area contributed by atoms with Gasteiger partial charge in [-0.05, 0) is 24.6 Å². The van der Waals surface area contributed by atoms with E-state index in [1.807, 2.05) is 19.1 Å². The molecule has 0 aliphatic carbocycles. The van der Waals surface area contributed by atoms with Crippen molar-refractivity contribution in [3.8, 4) is 0 Å². The molecule has 2 heterocycles. The van der Waals surface area contributed by atoms with E-state index in [4.69, 9.17) is 11.6 Å². The van der Waals surface area contributed by atoms with E-state index in [9.17, 15) is 18.0 Å². The summed E-state index contributed by atoms with van der Waals surface area (Å²) in [5.41, 5.74) is 1.99. The Morgan fingerprint density at radius 3 is 2.57 bits per heavy atom. The Bertz CT molecular complexity index is 1080. The predicted octanol–water partition coefficient (Wildman–Crippen LogP) is 5.76. The number of halogens is 4. The fourth-order valence-corrected chi connectivity index (χ4v) is 3.63. The van der Waals surface area contributed by atoms with Crippen LogP contribution in [0.5, 0.6) is 0 Å². The van der Waals surface area contributed by atoms with Crippen molar-refractivity contribution < 1.29 is 18.0 Å². The predicted molar refractivity (Wildman–Crippen MR) is 109 cm³/mol. The third kappa shape index (κ3) is 4.00. The summed E-state index contributed by atoms with van der Waals surface area (Å²) in [6, 6.07) is 12.8. The summed E-state index contributed by atoms with van der Waals surface area (Å²) in [4.78, 5) is 12.6. The quantitative estimate of drug-likeness (QED) is 0.551. The summed E-state index contributed by atoms with van der Waals surface area (Å²) in [5.74, 6) is -0.502. The van der Waals surface area contributed by atoms with E-state index < -0.39 is 24.2 Å². The number of alkyl halides is 3. The largest absolute Gasteiger partial charge is 0.410 e. The molecule has 1 amide bonds.